The molecule has 0 aromatic heterocycles. The summed E-state index contributed by atoms with van der Waals surface area (Å²) in [5, 5.41) is 3.29. The maximum absolute atomic E-state index is 13.4. The number of methoxy groups -OCH3 is 1. The second kappa shape index (κ2) is 9.14. The van der Waals surface area contributed by atoms with Gasteiger partial charge in [-0.25, -0.2) is 0 Å². The quantitative estimate of drug-likeness (QED) is 0.673. The molecule has 1 heterocycles. The van der Waals surface area contributed by atoms with Crippen LogP contribution in [-0.4, -0.2) is 43.2 Å². The van der Waals surface area contributed by atoms with E-state index in [1.807, 2.05) is 30.3 Å². The van der Waals surface area contributed by atoms with E-state index in [4.69, 9.17) is 9.47 Å². The topological polar surface area (TPSA) is 50.8 Å². The molecule has 2 aromatic rings. The highest BCUT2D eigenvalue weighted by Gasteiger charge is 2.46. The monoisotopic (exact) mass is 434 g/mol. The summed E-state index contributed by atoms with van der Waals surface area (Å²) < 4.78 is 11.8. The van der Waals surface area contributed by atoms with Gasteiger partial charge in [0.2, 0.25) is 0 Å². The van der Waals surface area contributed by atoms with Crippen molar-refractivity contribution in [1.82, 2.24) is 10.2 Å². The SMILES string of the molecule is COc1ccc(OC2CCN(C3CCCC3)CC2)c(C(=O)NC2(c3ccccc3)CC2)c1. The maximum atomic E-state index is 13.4. The first-order valence-corrected chi connectivity index (χ1v) is 12.1. The van der Waals surface area contributed by atoms with Gasteiger partial charge in [0.1, 0.15) is 17.6 Å². The second-order valence-electron chi connectivity index (χ2n) is 9.56. The van der Waals surface area contributed by atoms with E-state index < -0.39 is 0 Å². The molecule has 1 saturated heterocycles. The van der Waals surface area contributed by atoms with E-state index in [0.717, 1.165) is 50.4 Å². The lowest BCUT2D eigenvalue weighted by Gasteiger charge is -2.36. The fourth-order valence-corrected chi connectivity index (χ4v) is 5.38. The predicted octanol–water partition coefficient (Wildman–Crippen LogP) is 4.90. The zero-order valence-corrected chi connectivity index (χ0v) is 19.0. The van der Waals surface area contributed by atoms with Crippen molar-refractivity contribution >= 4 is 5.91 Å². The number of hydrogen-bond donors (Lipinski definition) is 1. The Bertz CT molecular complexity index is 927. The summed E-state index contributed by atoms with van der Waals surface area (Å²) in [5.41, 5.74) is 1.47. The molecule has 5 heteroatoms. The van der Waals surface area contributed by atoms with Crippen LogP contribution in [0.15, 0.2) is 48.5 Å². The molecule has 0 spiro atoms. The average Bonchev–Trinajstić information content (AvgIpc) is 3.41. The Morgan fingerprint density at radius 2 is 1.72 bits per heavy atom. The molecule has 3 aliphatic rings. The Labute approximate surface area is 191 Å². The number of rotatable bonds is 7. The summed E-state index contributed by atoms with van der Waals surface area (Å²) in [6.45, 7) is 2.17. The fourth-order valence-electron chi connectivity index (χ4n) is 5.38. The molecule has 5 nitrogen and oxygen atoms in total. The normalized spacial score (nSPS) is 21.3. The van der Waals surface area contributed by atoms with Crippen LogP contribution >= 0.6 is 0 Å². The Hall–Kier alpha value is -2.53. The van der Waals surface area contributed by atoms with Crippen LogP contribution in [0.5, 0.6) is 11.5 Å². The molecule has 1 amide bonds. The summed E-state index contributed by atoms with van der Waals surface area (Å²) in [6, 6.07) is 16.6. The van der Waals surface area contributed by atoms with Gasteiger partial charge in [-0.2, -0.15) is 0 Å². The lowest BCUT2D eigenvalue weighted by Crippen LogP contribution is -2.43. The lowest BCUT2D eigenvalue weighted by atomic mass is 10.0. The Morgan fingerprint density at radius 3 is 2.38 bits per heavy atom. The zero-order chi connectivity index (χ0) is 22.0. The van der Waals surface area contributed by atoms with Gasteiger partial charge < -0.3 is 19.7 Å². The van der Waals surface area contributed by atoms with Crippen LogP contribution in [0.25, 0.3) is 0 Å². The van der Waals surface area contributed by atoms with Crippen LogP contribution < -0.4 is 14.8 Å². The van der Waals surface area contributed by atoms with Crippen molar-refractivity contribution in [3.8, 4) is 11.5 Å². The molecular weight excluding hydrogens is 400 g/mol. The van der Waals surface area contributed by atoms with E-state index in [1.54, 1.807) is 13.2 Å². The summed E-state index contributed by atoms with van der Waals surface area (Å²) in [4.78, 5) is 16.0. The van der Waals surface area contributed by atoms with E-state index >= 15 is 0 Å². The van der Waals surface area contributed by atoms with E-state index in [1.165, 1.54) is 25.7 Å². The first-order chi connectivity index (χ1) is 15.7. The second-order valence-corrected chi connectivity index (χ2v) is 9.56. The van der Waals surface area contributed by atoms with Crippen LogP contribution in [0.4, 0.5) is 0 Å². The fraction of sp³-hybridized carbons (Fsp3) is 0.519. The third-order valence-electron chi connectivity index (χ3n) is 7.47. The van der Waals surface area contributed by atoms with Gasteiger partial charge >= 0.3 is 0 Å². The lowest BCUT2D eigenvalue weighted by molar-refractivity contribution is 0.0747. The third kappa shape index (κ3) is 4.49. The minimum Gasteiger partial charge on any atom is -0.497 e. The van der Waals surface area contributed by atoms with Crippen molar-refractivity contribution in [2.24, 2.45) is 0 Å². The highest BCUT2D eigenvalue weighted by Crippen LogP contribution is 2.46. The van der Waals surface area contributed by atoms with Crippen molar-refractivity contribution < 1.29 is 14.3 Å². The number of likely N-dealkylation sites (tertiary alicyclic amines) is 1. The van der Waals surface area contributed by atoms with Crippen LogP contribution in [0.1, 0.15) is 67.3 Å². The van der Waals surface area contributed by atoms with Gasteiger partial charge in [-0.15, -0.1) is 0 Å². The largest absolute Gasteiger partial charge is 0.497 e. The molecule has 170 valence electrons. The minimum absolute atomic E-state index is 0.0938. The Kier molecular flexibility index (Phi) is 6.09. The van der Waals surface area contributed by atoms with E-state index in [-0.39, 0.29) is 17.6 Å². The first-order valence-electron chi connectivity index (χ1n) is 12.1. The highest BCUT2D eigenvalue weighted by atomic mass is 16.5. The average molecular weight is 435 g/mol. The molecule has 1 aliphatic heterocycles. The number of amides is 1. The number of carbonyl (C=O) groups excluding carboxylic acids is 1. The molecule has 1 N–H and O–H groups in total. The third-order valence-corrected chi connectivity index (χ3v) is 7.47. The van der Waals surface area contributed by atoms with Gasteiger partial charge in [-0.05, 0) is 62.3 Å². The van der Waals surface area contributed by atoms with Crippen LogP contribution in [0.3, 0.4) is 0 Å². The minimum atomic E-state index is -0.259. The van der Waals surface area contributed by atoms with Gasteiger partial charge in [-0.1, -0.05) is 43.2 Å². The smallest absolute Gasteiger partial charge is 0.255 e. The molecule has 0 atom stereocenters. The van der Waals surface area contributed by atoms with E-state index in [0.29, 0.717) is 17.1 Å². The Morgan fingerprint density at radius 1 is 1.00 bits per heavy atom. The number of carbonyl (C=O) groups is 1. The van der Waals surface area contributed by atoms with Crippen LogP contribution in [-0.2, 0) is 5.54 Å². The number of nitrogens with one attached hydrogen (secondary N) is 1. The molecule has 32 heavy (non-hydrogen) atoms. The van der Waals surface area contributed by atoms with Crippen LogP contribution in [0.2, 0.25) is 0 Å². The maximum Gasteiger partial charge on any atom is 0.255 e. The van der Waals surface area contributed by atoms with Crippen molar-refractivity contribution in [2.45, 2.75) is 69.1 Å². The predicted molar refractivity (Wildman–Crippen MR) is 125 cm³/mol. The standard InChI is InChI=1S/C27H34N2O3/c1-31-23-11-12-25(32-22-13-17-29(18-14-22)21-9-5-6-10-21)24(19-23)26(30)28-27(15-16-27)20-7-3-2-4-8-20/h2-4,7-8,11-12,19,21-22H,5-6,9-10,13-18H2,1H3,(H,28,30). The number of hydrogen-bond acceptors (Lipinski definition) is 4. The van der Waals surface area contributed by atoms with Gasteiger partial charge in [0.05, 0.1) is 18.2 Å². The van der Waals surface area contributed by atoms with Crippen LogP contribution in [0, 0.1) is 0 Å². The summed E-state index contributed by atoms with van der Waals surface area (Å²) in [7, 11) is 1.63. The molecule has 3 fully saturated rings. The molecule has 2 aromatic carbocycles. The summed E-state index contributed by atoms with van der Waals surface area (Å²) >= 11 is 0. The number of benzene rings is 2. The molecule has 0 bridgehead atoms. The Balaban J connectivity index is 1.28. The van der Waals surface area contributed by atoms with Crippen molar-refractivity contribution in [3.63, 3.8) is 0 Å². The molecule has 0 radical (unpaired) electrons. The molecule has 0 unspecified atom stereocenters. The van der Waals surface area contributed by atoms with Gasteiger partial charge in [0.15, 0.2) is 0 Å². The summed E-state index contributed by atoms with van der Waals surface area (Å²) in [5.74, 6) is 1.23. The van der Waals surface area contributed by atoms with Gasteiger partial charge in [0, 0.05) is 19.1 Å². The zero-order valence-electron chi connectivity index (χ0n) is 19.0. The molecule has 2 saturated carbocycles. The molecule has 5 rings (SSSR count). The number of piperidine rings is 1. The van der Waals surface area contributed by atoms with Gasteiger partial charge in [0.25, 0.3) is 5.91 Å². The highest BCUT2D eigenvalue weighted by molar-refractivity contribution is 5.98. The van der Waals surface area contributed by atoms with Crippen molar-refractivity contribution in [1.29, 1.82) is 0 Å². The molecular formula is C27H34N2O3. The van der Waals surface area contributed by atoms with Crippen molar-refractivity contribution in [3.05, 3.63) is 59.7 Å². The molecule has 2 aliphatic carbocycles. The number of ether oxygens (including phenoxy) is 2. The van der Waals surface area contributed by atoms with E-state index in [9.17, 15) is 4.79 Å². The number of nitrogens with zero attached hydrogens (tertiary/aromatic N) is 1. The van der Waals surface area contributed by atoms with Gasteiger partial charge in [-0.3, -0.25) is 4.79 Å². The van der Waals surface area contributed by atoms with E-state index in [2.05, 4.69) is 22.3 Å². The first kappa shape index (κ1) is 21.3. The van der Waals surface area contributed by atoms with Crippen molar-refractivity contribution in [2.75, 3.05) is 20.2 Å². The summed E-state index contributed by atoms with van der Waals surface area (Å²) in [6.07, 6.45) is 9.53.